The Morgan fingerprint density at radius 1 is 1.06 bits per heavy atom. The second-order valence-corrected chi connectivity index (χ2v) is 4.23. The van der Waals surface area contributed by atoms with E-state index in [-0.39, 0.29) is 11.8 Å². The van der Waals surface area contributed by atoms with Gasteiger partial charge in [0.25, 0.3) is 0 Å². The molecule has 0 bridgehead atoms. The second kappa shape index (κ2) is 9.58. The van der Waals surface area contributed by atoms with E-state index >= 15 is 0 Å². The van der Waals surface area contributed by atoms with Gasteiger partial charge >= 0.3 is 11.9 Å². The number of Topliss-reactive ketones (excluding diaryl/α,β-unsaturated/α-hetero) is 1. The smallest absolute Gasteiger partial charge is 0.372 e. The van der Waals surface area contributed by atoms with Crippen molar-refractivity contribution < 1.29 is 24.6 Å². The highest BCUT2D eigenvalue weighted by atomic mass is 16.4. The van der Waals surface area contributed by atoms with Crippen molar-refractivity contribution in [3.8, 4) is 0 Å². The Kier molecular flexibility index (Phi) is 10.1. The summed E-state index contributed by atoms with van der Waals surface area (Å²) in [6.45, 7) is 7.15. The highest BCUT2D eigenvalue weighted by Gasteiger charge is 2.18. The average Bonchev–Trinajstić information content (AvgIpc) is 2.35. The molecule has 0 spiro atoms. The van der Waals surface area contributed by atoms with Crippen LogP contribution in [0.4, 0.5) is 0 Å². The zero-order chi connectivity index (χ0) is 14.9. The summed E-state index contributed by atoms with van der Waals surface area (Å²) in [5.41, 5.74) is 5.27. The lowest BCUT2D eigenvalue weighted by Gasteiger charge is -2.11. The van der Waals surface area contributed by atoms with E-state index in [1.807, 2.05) is 13.8 Å². The van der Waals surface area contributed by atoms with Gasteiger partial charge in [0.05, 0.1) is 0 Å². The van der Waals surface area contributed by atoms with Crippen LogP contribution in [0.3, 0.4) is 0 Å². The molecule has 0 fully saturated rings. The van der Waals surface area contributed by atoms with E-state index in [4.69, 9.17) is 15.9 Å². The first-order valence-corrected chi connectivity index (χ1v) is 5.94. The quantitative estimate of drug-likeness (QED) is 0.617. The number of carboxylic acids is 2. The van der Waals surface area contributed by atoms with E-state index in [2.05, 4.69) is 0 Å². The van der Waals surface area contributed by atoms with E-state index in [1.165, 1.54) is 0 Å². The minimum atomic E-state index is -1.33. The first kappa shape index (κ1) is 18.9. The Balaban J connectivity index is 0. The third-order valence-electron chi connectivity index (χ3n) is 2.81. The lowest BCUT2D eigenvalue weighted by atomic mass is 10.0. The van der Waals surface area contributed by atoms with Gasteiger partial charge in [-0.05, 0) is 12.3 Å². The molecule has 0 aromatic carbocycles. The molecule has 1 unspecified atom stereocenters. The lowest BCUT2D eigenvalue weighted by molar-refractivity contribution is -0.150. The Bertz CT molecular complexity index is 290. The molecule has 0 aliphatic heterocycles. The molecule has 0 aromatic rings. The molecule has 106 valence electrons. The van der Waals surface area contributed by atoms with Gasteiger partial charge in [-0.15, -0.1) is 0 Å². The summed E-state index contributed by atoms with van der Waals surface area (Å²) in [6, 6.07) is -0.699. The number of rotatable bonds is 6. The fourth-order valence-corrected chi connectivity index (χ4v) is 0.894. The summed E-state index contributed by atoms with van der Waals surface area (Å²) >= 11 is 0. The van der Waals surface area contributed by atoms with Crippen LogP contribution in [0.2, 0.25) is 0 Å². The summed E-state index contributed by atoms with van der Waals surface area (Å²) in [7, 11) is 0. The lowest BCUT2D eigenvalue weighted by Crippen LogP contribution is -2.36. The fraction of sp³-hybridized carbons (Fsp3) is 0.750. The minimum Gasteiger partial charge on any atom is -0.480 e. The van der Waals surface area contributed by atoms with Crippen molar-refractivity contribution >= 4 is 17.7 Å². The van der Waals surface area contributed by atoms with Crippen LogP contribution in [0.15, 0.2) is 0 Å². The summed E-state index contributed by atoms with van der Waals surface area (Å²) in [4.78, 5) is 30.6. The molecule has 0 heterocycles. The number of hydrogen-bond donors (Lipinski definition) is 3. The molecule has 18 heavy (non-hydrogen) atoms. The van der Waals surface area contributed by atoms with Gasteiger partial charge in [0.2, 0.25) is 5.78 Å². The van der Waals surface area contributed by atoms with Crippen molar-refractivity contribution in [2.75, 3.05) is 0 Å². The molecular formula is C12H23NO5. The molecule has 4 N–H and O–H groups in total. The maximum Gasteiger partial charge on any atom is 0.372 e. The van der Waals surface area contributed by atoms with Gasteiger partial charge in [-0.1, -0.05) is 34.1 Å². The van der Waals surface area contributed by atoms with Crippen LogP contribution in [0.1, 0.15) is 40.5 Å². The van der Waals surface area contributed by atoms with Gasteiger partial charge in [-0.25, -0.2) is 4.79 Å². The Morgan fingerprint density at radius 2 is 1.50 bits per heavy atom. The molecule has 6 heteroatoms. The number of carbonyl (C=O) groups excluding carboxylic acids is 1. The van der Waals surface area contributed by atoms with Gasteiger partial charge < -0.3 is 15.9 Å². The largest absolute Gasteiger partial charge is 0.480 e. The Labute approximate surface area is 107 Å². The molecule has 0 rings (SSSR count). The standard InChI is InChI=1S/C6H13NO2.C6H10O3/c2*1-3-4(2)5(7)6(8)9/h4-5H,3,7H2,1-2H3,(H,8,9);4H,3H2,1-2H3,(H,8,9)/t4-,5-;/m1./s1. The van der Waals surface area contributed by atoms with Crippen LogP contribution < -0.4 is 5.73 Å². The number of hydrogen-bond acceptors (Lipinski definition) is 4. The van der Waals surface area contributed by atoms with Crippen molar-refractivity contribution in [3.63, 3.8) is 0 Å². The molecule has 0 aliphatic rings. The van der Waals surface area contributed by atoms with E-state index in [0.29, 0.717) is 6.42 Å². The molecule has 0 aliphatic carbocycles. The van der Waals surface area contributed by atoms with E-state index in [9.17, 15) is 14.4 Å². The molecule has 0 aromatic heterocycles. The Morgan fingerprint density at radius 3 is 1.61 bits per heavy atom. The van der Waals surface area contributed by atoms with E-state index in [0.717, 1.165) is 6.42 Å². The zero-order valence-electron chi connectivity index (χ0n) is 11.3. The molecule has 0 radical (unpaired) electrons. The second-order valence-electron chi connectivity index (χ2n) is 4.23. The SMILES string of the molecule is CCC(C)C(=O)C(=O)O.CC[C@@H](C)[C@@H](N)C(=O)O. The predicted molar refractivity (Wildman–Crippen MR) is 67.2 cm³/mol. The van der Waals surface area contributed by atoms with Gasteiger partial charge in [0.15, 0.2) is 0 Å². The van der Waals surface area contributed by atoms with Crippen molar-refractivity contribution in [1.29, 1.82) is 0 Å². The monoisotopic (exact) mass is 261 g/mol. The van der Waals surface area contributed by atoms with Crippen LogP contribution in [-0.4, -0.2) is 34.0 Å². The van der Waals surface area contributed by atoms with Crippen molar-refractivity contribution in [1.82, 2.24) is 0 Å². The number of carbonyl (C=O) groups is 3. The Hall–Kier alpha value is -1.43. The van der Waals surface area contributed by atoms with Crippen molar-refractivity contribution in [3.05, 3.63) is 0 Å². The van der Waals surface area contributed by atoms with Crippen molar-refractivity contribution in [2.45, 2.75) is 46.6 Å². The maximum atomic E-state index is 10.5. The van der Waals surface area contributed by atoms with Crippen molar-refractivity contribution in [2.24, 2.45) is 17.6 Å². The third-order valence-corrected chi connectivity index (χ3v) is 2.81. The van der Waals surface area contributed by atoms with Gasteiger partial charge in [0.1, 0.15) is 6.04 Å². The fourth-order valence-electron chi connectivity index (χ4n) is 0.894. The third kappa shape index (κ3) is 7.78. The molecule has 6 nitrogen and oxygen atoms in total. The molecule has 0 amide bonds. The number of nitrogens with two attached hydrogens (primary N) is 1. The molecule has 0 saturated carbocycles. The summed E-state index contributed by atoms with van der Waals surface area (Å²) < 4.78 is 0. The minimum absolute atomic E-state index is 0.0718. The predicted octanol–water partition coefficient (Wildman–Crippen LogP) is 1.13. The summed E-state index contributed by atoms with van der Waals surface area (Å²) in [6.07, 6.45) is 1.40. The van der Waals surface area contributed by atoms with E-state index in [1.54, 1.807) is 13.8 Å². The molecule has 3 atom stereocenters. The zero-order valence-corrected chi connectivity index (χ0v) is 11.3. The number of ketones is 1. The molecular weight excluding hydrogens is 238 g/mol. The summed E-state index contributed by atoms with van der Waals surface area (Å²) in [5.74, 6) is -3.21. The van der Waals surface area contributed by atoms with Crippen LogP contribution in [-0.2, 0) is 14.4 Å². The van der Waals surface area contributed by atoms with Crippen LogP contribution in [0, 0.1) is 11.8 Å². The van der Waals surface area contributed by atoms with Gasteiger partial charge in [0, 0.05) is 5.92 Å². The van der Waals surface area contributed by atoms with Gasteiger partial charge in [-0.2, -0.15) is 0 Å². The van der Waals surface area contributed by atoms with E-state index < -0.39 is 23.8 Å². The molecule has 0 saturated heterocycles. The first-order valence-electron chi connectivity index (χ1n) is 5.94. The van der Waals surface area contributed by atoms with Crippen LogP contribution in [0.25, 0.3) is 0 Å². The summed E-state index contributed by atoms with van der Waals surface area (Å²) in [5, 5.41) is 16.5. The van der Waals surface area contributed by atoms with Crippen LogP contribution in [0.5, 0.6) is 0 Å². The highest BCUT2D eigenvalue weighted by molar-refractivity contribution is 6.33. The normalized spacial score (nSPS) is 14.7. The number of aliphatic carboxylic acids is 2. The van der Waals surface area contributed by atoms with Gasteiger partial charge in [-0.3, -0.25) is 9.59 Å². The maximum absolute atomic E-state index is 10.5. The average molecular weight is 261 g/mol. The number of carboxylic acid groups (broad SMARTS) is 2. The highest BCUT2D eigenvalue weighted by Crippen LogP contribution is 2.04. The first-order chi connectivity index (χ1) is 8.18. The van der Waals surface area contributed by atoms with Crippen LogP contribution >= 0.6 is 0 Å². The topological polar surface area (TPSA) is 118 Å².